The van der Waals surface area contributed by atoms with E-state index in [2.05, 4.69) is 11.0 Å². The predicted molar refractivity (Wildman–Crippen MR) is 90.5 cm³/mol. The smallest absolute Gasteiger partial charge is 0.410 e. The number of hydrogen-bond donors (Lipinski definition) is 0. The molecule has 0 bridgehead atoms. The van der Waals surface area contributed by atoms with Crippen molar-refractivity contribution in [3.05, 3.63) is 23.8 Å². The number of para-hydroxylation sites is 1. The van der Waals surface area contributed by atoms with Crippen molar-refractivity contribution in [3.63, 3.8) is 0 Å². The molecule has 1 aromatic carbocycles. The molecule has 6 heteroatoms. The molecule has 2 aliphatic rings. The normalized spacial score (nSPS) is 18.4. The van der Waals surface area contributed by atoms with Crippen molar-refractivity contribution in [2.75, 3.05) is 39.4 Å². The van der Waals surface area contributed by atoms with Crippen LogP contribution in [0.15, 0.2) is 18.2 Å². The van der Waals surface area contributed by atoms with Gasteiger partial charge in [0.15, 0.2) is 11.5 Å². The Labute approximate surface area is 143 Å². The Hall–Kier alpha value is -1.95. The summed E-state index contributed by atoms with van der Waals surface area (Å²) in [5.41, 5.74) is 0.687. The number of carbonyl (C=O) groups is 1. The summed E-state index contributed by atoms with van der Waals surface area (Å²) < 4.78 is 16.8. The fraction of sp³-hybridized carbons (Fsp3) is 0.611. The van der Waals surface area contributed by atoms with Crippen LogP contribution in [-0.4, -0.2) is 60.9 Å². The molecule has 0 spiro atoms. The SMILES string of the molecule is CC(C)(C)OC(=O)N1CCN(Cc2cccc3c2OCCO3)CC1. The first-order chi connectivity index (χ1) is 11.4. The van der Waals surface area contributed by atoms with E-state index in [0.717, 1.165) is 36.7 Å². The average Bonchev–Trinajstić information content (AvgIpc) is 2.54. The summed E-state index contributed by atoms with van der Waals surface area (Å²) in [4.78, 5) is 16.2. The lowest BCUT2D eigenvalue weighted by molar-refractivity contribution is 0.0138. The lowest BCUT2D eigenvalue weighted by Gasteiger charge is -2.36. The second kappa shape index (κ2) is 6.89. The molecule has 0 aromatic heterocycles. The summed E-state index contributed by atoms with van der Waals surface area (Å²) in [7, 11) is 0. The van der Waals surface area contributed by atoms with E-state index in [0.29, 0.717) is 26.3 Å². The van der Waals surface area contributed by atoms with Gasteiger partial charge in [-0.15, -0.1) is 0 Å². The standard InChI is InChI=1S/C18H26N2O4/c1-18(2,3)24-17(21)20-9-7-19(8-10-20)13-14-5-4-6-15-16(14)23-12-11-22-15/h4-6H,7-13H2,1-3H3. The van der Waals surface area contributed by atoms with Crippen LogP contribution >= 0.6 is 0 Å². The summed E-state index contributed by atoms with van der Waals surface area (Å²) in [5.74, 6) is 1.68. The summed E-state index contributed by atoms with van der Waals surface area (Å²) in [6.07, 6.45) is -0.226. The second-order valence-corrected chi connectivity index (χ2v) is 7.18. The Morgan fingerprint density at radius 2 is 1.83 bits per heavy atom. The van der Waals surface area contributed by atoms with Gasteiger partial charge < -0.3 is 19.1 Å². The summed E-state index contributed by atoms with van der Waals surface area (Å²) in [5, 5.41) is 0. The number of ether oxygens (including phenoxy) is 3. The van der Waals surface area contributed by atoms with Crippen molar-refractivity contribution in [1.82, 2.24) is 9.80 Å². The maximum Gasteiger partial charge on any atom is 0.410 e. The maximum atomic E-state index is 12.1. The predicted octanol–water partition coefficient (Wildman–Crippen LogP) is 2.51. The van der Waals surface area contributed by atoms with Crippen molar-refractivity contribution in [2.45, 2.75) is 32.9 Å². The Bertz CT molecular complexity index is 589. The van der Waals surface area contributed by atoms with Gasteiger partial charge in [-0.05, 0) is 26.8 Å². The molecule has 0 atom stereocenters. The quantitative estimate of drug-likeness (QED) is 0.832. The van der Waals surface area contributed by atoms with Gasteiger partial charge in [0.2, 0.25) is 0 Å². The first-order valence-electron chi connectivity index (χ1n) is 8.50. The molecule has 1 aromatic rings. The van der Waals surface area contributed by atoms with Crippen LogP contribution in [0.4, 0.5) is 4.79 Å². The number of benzene rings is 1. The molecule has 1 saturated heterocycles. The van der Waals surface area contributed by atoms with Gasteiger partial charge in [-0.2, -0.15) is 0 Å². The van der Waals surface area contributed by atoms with Crippen molar-refractivity contribution >= 4 is 6.09 Å². The molecule has 1 fully saturated rings. The van der Waals surface area contributed by atoms with Crippen molar-refractivity contribution in [3.8, 4) is 11.5 Å². The van der Waals surface area contributed by atoms with E-state index in [9.17, 15) is 4.79 Å². The van der Waals surface area contributed by atoms with Gasteiger partial charge in [0.05, 0.1) is 0 Å². The van der Waals surface area contributed by atoms with E-state index >= 15 is 0 Å². The van der Waals surface area contributed by atoms with Crippen molar-refractivity contribution < 1.29 is 19.0 Å². The van der Waals surface area contributed by atoms with E-state index < -0.39 is 5.60 Å². The number of rotatable bonds is 2. The molecule has 1 amide bonds. The lowest BCUT2D eigenvalue weighted by Crippen LogP contribution is -2.49. The number of hydrogen-bond acceptors (Lipinski definition) is 5. The third-order valence-corrected chi connectivity index (χ3v) is 4.07. The third kappa shape index (κ3) is 4.12. The summed E-state index contributed by atoms with van der Waals surface area (Å²) in [6, 6.07) is 6.02. The molecule has 0 aliphatic carbocycles. The molecular weight excluding hydrogens is 308 g/mol. The molecule has 0 unspecified atom stereocenters. The maximum absolute atomic E-state index is 12.1. The molecule has 24 heavy (non-hydrogen) atoms. The minimum atomic E-state index is -0.450. The topological polar surface area (TPSA) is 51.2 Å². The van der Waals surface area contributed by atoms with Gasteiger partial charge in [0, 0.05) is 38.3 Å². The Kier molecular flexibility index (Phi) is 4.85. The first-order valence-corrected chi connectivity index (χ1v) is 8.50. The highest BCUT2D eigenvalue weighted by molar-refractivity contribution is 5.68. The van der Waals surface area contributed by atoms with Crippen LogP contribution in [0.1, 0.15) is 26.3 Å². The van der Waals surface area contributed by atoms with Crippen molar-refractivity contribution in [1.29, 1.82) is 0 Å². The molecule has 0 saturated carbocycles. The van der Waals surface area contributed by atoms with E-state index in [1.165, 1.54) is 0 Å². The molecule has 3 rings (SSSR count). The highest BCUT2D eigenvalue weighted by Gasteiger charge is 2.26. The highest BCUT2D eigenvalue weighted by Crippen LogP contribution is 2.34. The van der Waals surface area contributed by atoms with E-state index in [4.69, 9.17) is 14.2 Å². The van der Waals surface area contributed by atoms with Gasteiger partial charge >= 0.3 is 6.09 Å². The van der Waals surface area contributed by atoms with E-state index in [1.54, 1.807) is 4.90 Å². The number of nitrogens with zero attached hydrogens (tertiary/aromatic N) is 2. The summed E-state index contributed by atoms with van der Waals surface area (Å²) >= 11 is 0. The van der Waals surface area contributed by atoms with Crippen LogP contribution < -0.4 is 9.47 Å². The summed E-state index contributed by atoms with van der Waals surface area (Å²) in [6.45, 7) is 10.7. The van der Waals surface area contributed by atoms with Crippen LogP contribution in [0.3, 0.4) is 0 Å². The molecular formula is C18H26N2O4. The number of piperazine rings is 1. The molecule has 2 heterocycles. The second-order valence-electron chi connectivity index (χ2n) is 7.18. The van der Waals surface area contributed by atoms with Crippen LogP contribution in [-0.2, 0) is 11.3 Å². The van der Waals surface area contributed by atoms with Crippen LogP contribution in [0.2, 0.25) is 0 Å². The van der Waals surface area contributed by atoms with Gasteiger partial charge in [0.1, 0.15) is 18.8 Å². The first kappa shape index (κ1) is 16.9. The van der Waals surface area contributed by atoms with Crippen LogP contribution in [0.5, 0.6) is 11.5 Å². The fourth-order valence-corrected chi connectivity index (χ4v) is 2.91. The van der Waals surface area contributed by atoms with Crippen LogP contribution in [0, 0.1) is 0 Å². The zero-order valence-corrected chi connectivity index (χ0v) is 14.7. The molecule has 2 aliphatic heterocycles. The Balaban J connectivity index is 1.56. The third-order valence-electron chi connectivity index (χ3n) is 4.07. The molecule has 132 valence electrons. The minimum Gasteiger partial charge on any atom is -0.486 e. The Morgan fingerprint density at radius 3 is 2.54 bits per heavy atom. The van der Waals surface area contributed by atoms with Gasteiger partial charge in [-0.25, -0.2) is 4.79 Å². The van der Waals surface area contributed by atoms with E-state index in [1.807, 2.05) is 32.9 Å². The Morgan fingerprint density at radius 1 is 1.12 bits per heavy atom. The minimum absolute atomic E-state index is 0.226. The zero-order valence-electron chi connectivity index (χ0n) is 14.7. The largest absolute Gasteiger partial charge is 0.486 e. The molecule has 0 radical (unpaired) electrons. The highest BCUT2D eigenvalue weighted by atomic mass is 16.6. The molecule has 0 N–H and O–H groups in total. The van der Waals surface area contributed by atoms with E-state index in [-0.39, 0.29) is 6.09 Å². The average molecular weight is 334 g/mol. The van der Waals surface area contributed by atoms with Gasteiger partial charge in [-0.3, -0.25) is 4.90 Å². The van der Waals surface area contributed by atoms with Crippen molar-refractivity contribution in [2.24, 2.45) is 0 Å². The number of carbonyl (C=O) groups excluding carboxylic acids is 1. The number of amides is 1. The fourth-order valence-electron chi connectivity index (χ4n) is 2.91. The van der Waals surface area contributed by atoms with Crippen LogP contribution in [0.25, 0.3) is 0 Å². The van der Waals surface area contributed by atoms with Gasteiger partial charge in [0.25, 0.3) is 0 Å². The zero-order chi connectivity index (χ0) is 17.2. The number of fused-ring (bicyclic) bond motifs is 1. The van der Waals surface area contributed by atoms with Gasteiger partial charge in [-0.1, -0.05) is 12.1 Å². The molecule has 6 nitrogen and oxygen atoms in total. The lowest BCUT2D eigenvalue weighted by atomic mass is 10.1. The monoisotopic (exact) mass is 334 g/mol.